The van der Waals surface area contributed by atoms with Crippen LogP contribution in [0.25, 0.3) is 0 Å². The van der Waals surface area contributed by atoms with Crippen LogP contribution in [0.1, 0.15) is 17.3 Å². The average Bonchev–Trinajstić information content (AvgIpc) is 2.20. The number of ether oxygens (including phenoxy) is 1. The van der Waals surface area contributed by atoms with Crippen molar-refractivity contribution in [3.63, 3.8) is 0 Å². The lowest BCUT2D eigenvalue weighted by atomic mass is 10.1. The number of hydrogen-bond acceptors (Lipinski definition) is 3. The second kappa shape index (κ2) is 4.57. The second-order valence-corrected chi connectivity index (χ2v) is 3.46. The van der Waals surface area contributed by atoms with E-state index in [9.17, 15) is 13.6 Å². The van der Waals surface area contributed by atoms with Crippen LogP contribution in [0, 0.1) is 11.6 Å². The van der Waals surface area contributed by atoms with Gasteiger partial charge in [-0.05, 0) is 28.9 Å². The molecule has 0 aliphatic heterocycles. The van der Waals surface area contributed by atoms with Gasteiger partial charge in [-0.2, -0.15) is 0 Å². The van der Waals surface area contributed by atoms with Gasteiger partial charge in [0.15, 0.2) is 5.82 Å². The Bertz CT molecular complexity index is 410. The number of anilines is 1. The SMILES string of the molecule is CCOC(=O)c1cc(F)c(Br)c(F)c1N. The molecule has 82 valence electrons. The molecule has 0 aromatic heterocycles. The summed E-state index contributed by atoms with van der Waals surface area (Å²) < 4.78 is 30.5. The summed E-state index contributed by atoms with van der Waals surface area (Å²) in [7, 11) is 0. The van der Waals surface area contributed by atoms with Crippen molar-refractivity contribution in [1.29, 1.82) is 0 Å². The molecular formula is C9H8BrF2NO2. The molecule has 1 rings (SSSR count). The Labute approximate surface area is 93.3 Å². The summed E-state index contributed by atoms with van der Waals surface area (Å²) in [6.07, 6.45) is 0. The van der Waals surface area contributed by atoms with Crippen LogP contribution in [0.15, 0.2) is 10.5 Å². The van der Waals surface area contributed by atoms with Gasteiger partial charge in [-0.15, -0.1) is 0 Å². The van der Waals surface area contributed by atoms with Crippen molar-refractivity contribution >= 4 is 27.6 Å². The lowest BCUT2D eigenvalue weighted by Crippen LogP contribution is -2.10. The maximum Gasteiger partial charge on any atom is 0.340 e. The van der Waals surface area contributed by atoms with Gasteiger partial charge < -0.3 is 10.5 Å². The topological polar surface area (TPSA) is 52.3 Å². The summed E-state index contributed by atoms with van der Waals surface area (Å²) in [6.45, 7) is 1.69. The summed E-state index contributed by atoms with van der Waals surface area (Å²) >= 11 is 2.67. The average molecular weight is 280 g/mol. The minimum Gasteiger partial charge on any atom is -0.462 e. The van der Waals surface area contributed by atoms with E-state index in [0.717, 1.165) is 6.07 Å². The molecule has 0 amide bonds. The highest BCUT2D eigenvalue weighted by Crippen LogP contribution is 2.28. The first-order chi connectivity index (χ1) is 6.99. The fourth-order valence-electron chi connectivity index (χ4n) is 0.987. The molecule has 0 saturated carbocycles. The van der Waals surface area contributed by atoms with Crippen molar-refractivity contribution in [3.05, 3.63) is 27.7 Å². The Morgan fingerprint density at radius 3 is 2.73 bits per heavy atom. The van der Waals surface area contributed by atoms with Crippen molar-refractivity contribution in [3.8, 4) is 0 Å². The number of carbonyl (C=O) groups is 1. The molecule has 0 aliphatic carbocycles. The highest BCUT2D eigenvalue weighted by molar-refractivity contribution is 9.10. The minimum atomic E-state index is -1.00. The van der Waals surface area contributed by atoms with Crippen molar-refractivity contribution < 1.29 is 18.3 Å². The molecule has 1 aromatic rings. The summed E-state index contributed by atoms with van der Waals surface area (Å²) in [6, 6.07) is 0.834. The first-order valence-corrected chi connectivity index (χ1v) is 4.88. The number of carbonyl (C=O) groups excluding carboxylic acids is 1. The van der Waals surface area contributed by atoms with Crippen molar-refractivity contribution in [2.24, 2.45) is 0 Å². The molecule has 0 spiro atoms. The predicted molar refractivity (Wildman–Crippen MR) is 54.4 cm³/mol. The van der Waals surface area contributed by atoms with Gasteiger partial charge in [-0.25, -0.2) is 13.6 Å². The first kappa shape index (κ1) is 11.9. The molecule has 3 nitrogen and oxygen atoms in total. The molecule has 1 aromatic carbocycles. The summed E-state index contributed by atoms with van der Waals surface area (Å²) in [5.74, 6) is -2.75. The molecule has 0 bridgehead atoms. The van der Waals surface area contributed by atoms with Crippen LogP contribution < -0.4 is 5.73 Å². The van der Waals surface area contributed by atoms with Gasteiger partial charge in [-0.1, -0.05) is 0 Å². The highest BCUT2D eigenvalue weighted by Gasteiger charge is 2.19. The largest absolute Gasteiger partial charge is 0.462 e. The van der Waals surface area contributed by atoms with Gasteiger partial charge in [0, 0.05) is 0 Å². The molecule has 0 radical (unpaired) electrons. The van der Waals surface area contributed by atoms with Crippen LogP contribution in [0.3, 0.4) is 0 Å². The highest BCUT2D eigenvalue weighted by atomic mass is 79.9. The quantitative estimate of drug-likeness (QED) is 0.514. The molecule has 0 saturated heterocycles. The number of hydrogen-bond donors (Lipinski definition) is 1. The Morgan fingerprint density at radius 1 is 1.60 bits per heavy atom. The van der Waals surface area contributed by atoms with E-state index in [1.165, 1.54) is 0 Å². The molecule has 0 fully saturated rings. The van der Waals surface area contributed by atoms with E-state index in [1.54, 1.807) is 6.92 Å². The standard InChI is InChI=1S/C9H8BrF2NO2/c1-2-15-9(14)4-3-5(11)6(10)7(12)8(4)13/h3H,2,13H2,1H3. The Hall–Kier alpha value is -1.17. The van der Waals surface area contributed by atoms with Crippen LogP contribution in [-0.4, -0.2) is 12.6 Å². The van der Waals surface area contributed by atoms with Crippen LogP contribution in [0.4, 0.5) is 14.5 Å². The molecule has 0 heterocycles. The fraction of sp³-hybridized carbons (Fsp3) is 0.222. The third kappa shape index (κ3) is 2.26. The van der Waals surface area contributed by atoms with Gasteiger partial charge >= 0.3 is 5.97 Å². The van der Waals surface area contributed by atoms with Crippen molar-refractivity contribution in [2.75, 3.05) is 12.3 Å². The van der Waals surface area contributed by atoms with Gasteiger partial charge in [0.2, 0.25) is 0 Å². The second-order valence-electron chi connectivity index (χ2n) is 2.67. The fourth-order valence-corrected chi connectivity index (χ4v) is 1.31. The lowest BCUT2D eigenvalue weighted by molar-refractivity contribution is 0.0526. The number of rotatable bonds is 2. The summed E-state index contributed by atoms with van der Waals surface area (Å²) in [5.41, 5.74) is 4.57. The Balaban J connectivity index is 3.26. The molecule has 15 heavy (non-hydrogen) atoms. The molecule has 2 N–H and O–H groups in total. The van der Waals surface area contributed by atoms with Crippen LogP contribution in [-0.2, 0) is 4.74 Å². The zero-order valence-corrected chi connectivity index (χ0v) is 9.40. The van der Waals surface area contributed by atoms with E-state index in [1.807, 2.05) is 0 Å². The van der Waals surface area contributed by atoms with Crippen molar-refractivity contribution in [2.45, 2.75) is 6.92 Å². The Morgan fingerprint density at radius 2 is 2.20 bits per heavy atom. The number of esters is 1. The smallest absolute Gasteiger partial charge is 0.340 e. The monoisotopic (exact) mass is 279 g/mol. The zero-order chi connectivity index (χ0) is 11.6. The first-order valence-electron chi connectivity index (χ1n) is 4.09. The van der Waals surface area contributed by atoms with Crippen LogP contribution in [0.5, 0.6) is 0 Å². The number of benzene rings is 1. The van der Waals surface area contributed by atoms with E-state index in [0.29, 0.717) is 0 Å². The van der Waals surface area contributed by atoms with Crippen molar-refractivity contribution in [1.82, 2.24) is 0 Å². The minimum absolute atomic E-state index is 0.109. The van der Waals surface area contributed by atoms with Gasteiger partial charge in [0.05, 0.1) is 22.3 Å². The third-order valence-electron chi connectivity index (χ3n) is 1.70. The normalized spacial score (nSPS) is 10.1. The van der Waals surface area contributed by atoms with Gasteiger partial charge in [0.25, 0.3) is 0 Å². The number of nitrogens with two attached hydrogens (primary N) is 1. The zero-order valence-electron chi connectivity index (χ0n) is 7.81. The van der Waals surface area contributed by atoms with E-state index in [2.05, 4.69) is 20.7 Å². The van der Waals surface area contributed by atoms with E-state index >= 15 is 0 Å². The van der Waals surface area contributed by atoms with Crippen LogP contribution >= 0.6 is 15.9 Å². The number of nitrogen functional groups attached to an aromatic ring is 1. The van der Waals surface area contributed by atoms with Gasteiger partial charge in [0.1, 0.15) is 5.82 Å². The predicted octanol–water partition coefficient (Wildman–Crippen LogP) is 2.49. The molecule has 0 atom stereocenters. The molecule has 6 heteroatoms. The molecular weight excluding hydrogens is 272 g/mol. The maximum absolute atomic E-state index is 13.2. The summed E-state index contributed by atoms with van der Waals surface area (Å²) in [4.78, 5) is 11.2. The van der Waals surface area contributed by atoms with E-state index < -0.39 is 27.8 Å². The Kier molecular flexibility index (Phi) is 3.62. The van der Waals surface area contributed by atoms with E-state index in [-0.39, 0.29) is 12.2 Å². The molecule has 0 unspecified atom stereocenters. The van der Waals surface area contributed by atoms with Crippen LogP contribution in [0.2, 0.25) is 0 Å². The molecule has 0 aliphatic rings. The number of halogens is 3. The third-order valence-corrected chi connectivity index (χ3v) is 2.42. The van der Waals surface area contributed by atoms with E-state index in [4.69, 9.17) is 5.73 Å². The lowest BCUT2D eigenvalue weighted by Gasteiger charge is -2.07. The maximum atomic E-state index is 13.2. The van der Waals surface area contributed by atoms with Gasteiger partial charge in [-0.3, -0.25) is 0 Å². The summed E-state index contributed by atoms with van der Waals surface area (Å²) in [5, 5.41) is 0.